The topological polar surface area (TPSA) is 58.2 Å². The van der Waals surface area contributed by atoms with Gasteiger partial charge in [0.2, 0.25) is 11.8 Å². The number of nitrogens with one attached hydrogen (secondary N) is 2. The Hall–Kier alpha value is -0.710. The van der Waals surface area contributed by atoms with E-state index in [1.54, 1.807) is 0 Å². The molecule has 86 valence electrons. The molecule has 0 aromatic carbocycles. The first kappa shape index (κ1) is 12.4. The van der Waals surface area contributed by atoms with E-state index in [0.29, 0.717) is 6.54 Å². The van der Waals surface area contributed by atoms with Gasteiger partial charge < -0.3 is 10.6 Å². The van der Waals surface area contributed by atoms with Crippen molar-refractivity contribution in [1.82, 2.24) is 10.6 Å². The van der Waals surface area contributed by atoms with Gasteiger partial charge in [-0.25, -0.2) is 0 Å². The third-order valence-electron chi connectivity index (χ3n) is 2.56. The third-order valence-corrected chi connectivity index (χ3v) is 4.10. The van der Waals surface area contributed by atoms with Crippen molar-refractivity contribution in [2.24, 2.45) is 0 Å². The van der Waals surface area contributed by atoms with E-state index in [9.17, 15) is 9.59 Å². The first-order chi connectivity index (χ1) is 7.06. The van der Waals surface area contributed by atoms with Crippen LogP contribution in [0.15, 0.2) is 0 Å². The molecule has 1 unspecified atom stereocenters. The lowest BCUT2D eigenvalue weighted by atomic mass is 10.1. The van der Waals surface area contributed by atoms with E-state index in [2.05, 4.69) is 17.6 Å². The summed E-state index contributed by atoms with van der Waals surface area (Å²) in [6, 6.07) is 0. The zero-order chi connectivity index (χ0) is 11.3. The van der Waals surface area contributed by atoms with Crippen LogP contribution in [0.2, 0.25) is 0 Å². The molecular formula is C10H18N2O2S. The molecule has 0 saturated carbocycles. The Morgan fingerprint density at radius 1 is 1.40 bits per heavy atom. The molecule has 15 heavy (non-hydrogen) atoms. The fraction of sp³-hybridized carbons (Fsp3) is 0.800. The van der Waals surface area contributed by atoms with Crippen LogP contribution in [-0.2, 0) is 9.59 Å². The van der Waals surface area contributed by atoms with Gasteiger partial charge in [0.05, 0.1) is 0 Å². The van der Waals surface area contributed by atoms with Crippen LogP contribution in [0.4, 0.5) is 0 Å². The van der Waals surface area contributed by atoms with Gasteiger partial charge in [-0.2, -0.15) is 11.8 Å². The molecule has 1 saturated heterocycles. The molecule has 2 N–H and O–H groups in total. The lowest BCUT2D eigenvalue weighted by Gasteiger charge is -2.22. The number of carbonyl (C=O) groups excluding carboxylic acids is 2. The van der Waals surface area contributed by atoms with Crippen molar-refractivity contribution in [2.75, 3.05) is 19.3 Å². The largest absolute Gasteiger partial charge is 0.359 e. The summed E-state index contributed by atoms with van der Waals surface area (Å²) in [4.78, 5) is 22.3. The molecule has 2 amide bonds. The summed E-state index contributed by atoms with van der Waals surface area (Å²) in [7, 11) is 1.53. The maximum Gasteiger partial charge on any atom is 0.229 e. The zero-order valence-electron chi connectivity index (χ0n) is 9.26. The SMILES string of the molecule is CNC(=O)CC(=O)NCC1(C)CCCS1. The van der Waals surface area contributed by atoms with Gasteiger partial charge in [-0.3, -0.25) is 9.59 Å². The van der Waals surface area contributed by atoms with Crippen molar-refractivity contribution in [3.8, 4) is 0 Å². The van der Waals surface area contributed by atoms with E-state index in [0.717, 1.165) is 6.42 Å². The number of thioether (sulfide) groups is 1. The van der Waals surface area contributed by atoms with E-state index in [4.69, 9.17) is 0 Å². The minimum atomic E-state index is -0.239. The van der Waals surface area contributed by atoms with Gasteiger partial charge in [0.15, 0.2) is 0 Å². The average molecular weight is 230 g/mol. The second-order valence-electron chi connectivity index (χ2n) is 4.03. The number of amides is 2. The summed E-state index contributed by atoms with van der Waals surface area (Å²) < 4.78 is 0.165. The van der Waals surface area contributed by atoms with Gasteiger partial charge >= 0.3 is 0 Å². The lowest BCUT2D eigenvalue weighted by Crippen LogP contribution is -2.38. The van der Waals surface area contributed by atoms with Crippen LogP contribution in [0, 0.1) is 0 Å². The van der Waals surface area contributed by atoms with Crippen molar-refractivity contribution in [3.63, 3.8) is 0 Å². The van der Waals surface area contributed by atoms with E-state index >= 15 is 0 Å². The van der Waals surface area contributed by atoms with Gasteiger partial charge in [-0.1, -0.05) is 0 Å². The molecular weight excluding hydrogens is 212 g/mol. The molecule has 5 heteroatoms. The molecule has 1 heterocycles. The highest BCUT2D eigenvalue weighted by atomic mass is 32.2. The molecule has 1 aliphatic rings. The van der Waals surface area contributed by atoms with Gasteiger partial charge in [-0.15, -0.1) is 0 Å². The monoisotopic (exact) mass is 230 g/mol. The van der Waals surface area contributed by atoms with Gasteiger partial charge in [0.1, 0.15) is 6.42 Å². The first-order valence-corrected chi connectivity index (χ1v) is 6.15. The van der Waals surface area contributed by atoms with Crippen LogP contribution in [0.3, 0.4) is 0 Å². The van der Waals surface area contributed by atoms with Crippen LogP contribution in [-0.4, -0.2) is 35.9 Å². The maximum absolute atomic E-state index is 11.3. The number of rotatable bonds is 4. The Bertz CT molecular complexity index is 250. The molecule has 0 aromatic rings. The molecule has 0 bridgehead atoms. The van der Waals surface area contributed by atoms with E-state index in [1.807, 2.05) is 11.8 Å². The molecule has 0 spiro atoms. The molecule has 1 rings (SSSR count). The summed E-state index contributed by atoms with van der Waals surface area (Å²) in [6.45, 7) is 2.82. The first-order valence-electron chi connectivity index (χ1n) is 5.17. The third kappa shape index (κ3) is 4.11. The quantitative estimate of drug-likeness (QED) is 0.692. The molecule has 1 atom stereocenters. The van der Waals surface area contributed by atoms with Gasteiger partial charge in [0.25, 0.3) is 0 Å². The van der Waals surface area contributed by atoms with Crippen molar-refractivity contribution in [2.45, 2.75) is 30.9 Å². The fourth-order valence-corrected chi connectivity index (χ4v) is 2.80. The summed E-state index contributed by atoms with van der Waals surface area (Å²) in [5.41, 5.74) is 0. The minimum absolute atomic E-state index is 0.0722. The van der Waals surface area contributed by atoms with Crippen LogP contribution in [0.5, 0.6) is 0 Å². The Balaban J connectivity index is 2.24. The van der Waals surface area contributed by atoms with E-state index in [-0.39, 0.29) is 23.0 Å². The molecule has 0 aromatic heterocycles. The second-order valence-corrected chi connectivity index (χ2v) is 5.71. The van der Waals surface area contributed by atoms with Crippen molar-refractivity contribution >= 4 is 23.6 Å². The van der Waals surface area contributed by atoms with Gasteiger partial charge in [0, 0.05) is 18.3 Å². The Morgan fingerprint density at radius 2 is 2.13 bits per heavy atom. The van der Waals surface area contributed by atoms with Crippen LogP contribution >= 0.6 is 11.8 Å². The fourth-order valence-electron chi connectivity index (χ4n) is 1.56. The normalized spacial score (nSPS) is 24.9. The highest BCUT2D eigenvalue weighted by molar-refractivity contribution is 8.00. The number of carbonyl (C=O) groups is 2. The smallest absolute Gasteiger partial charge is 0.229 e. The standard InChI is InChI=1S/C10H18N2O2S/c1-10(4-3-5-15-10)7-12-9(14)6-8(13)11-2/h3-7H2,1-2H3,(H,11,13)(H,12,14). The molecule has 0 aliphatic carbocycles. The minimum Gasteiger partial charge on any atom is -0.359 e. The Labute approximate surface area is 94.6 Å². The number of hydrogen-bond donors (Lipinski definition) is 2. The van der Waals surface area contributed by atoms with Crippen molar-refractivity contribution in [3.05, 3.63) is 0 Å². The highest BCUT2D eigenvalue weighted by Crippen LogP contribution is 2.36. The average Bonchev–Trinajstić information content (AvgIpc) is 2.63. The maximum atomic E-state index is 11.3. The predicted octanol–water partition coefficient (Wildman–Crippen LogP) is 0.524. The summed E-state index contributed by atoms with van der Waals surface area (Å²) in [5.74, 6) is 0.738. The zero-order valence-corrected chi connectivity index (χ0v) is 10.1. The van der Waals surface area contributed by atoms with Crippen LogP contribution in [0.1, 0.15) is 26.2 Å². The van der Waals surface area contributed by atoms with Crippen molar-refractivity contribution < 1.29 is 9.59 Å². The van der Waals surface area contributed by atoms with Crippen molar-refractivity contribution in [1.29, 1.82) is 0 Å². The molecule has 1 fully saturated rings. The summed E-state index contributed by atoms with van der Waals surface area (Å²) >= 11 is 1.90. The summed E-state index contributed by atoms with van der Waals surface area (Å²) in [5, 5.41) is 5.24. The predicted molar refractivity (Wildman–Crippen MR) is 61.8 cm³/mol. The Kier molecular flexibility index (Phi) is 4.45. The van der Waals surface area contributed by atoms with Gasteiger partial charge in [-0.05, 0) is 25.5 Å². The van der Waals surface area contributed by atoms with E-state index in [1.165, 1.54) is 19.2 Å². The number of hydrogen-bond acceptors (Lipinski definition) is 3. The summed E-state index contributed by atoms with van der Waals surface area (Å²) in [6.07, 6.45) is 2.28. The lowest BCUT2D eigenvalue weighted by molar-refractivity contribution is -0.129. The van der Waals surface area contributed by atoms with E-state index < -0.39 is 0 Å². The molecule has 0 radical (unpaired) electrons. The Morgan fingerprint density at radius 3 is 2.67 bits per heavy atom. The highest BCUT2D eigenvalue weighted by Gasteiger charge is 2.29. The second kappa shape index (κ2) is 5.39. The molecule has 1 aliphatic heterocycles. The van der Waals surface area contributed by atoms with Crippen LogP contribution in [0.25, 0.3) is 0 Å². The van der Waals surface area contributed by atoms with Crippen LogP contribution < -0.4 is 10.6 Å². The molecule has 4 nitrogen and oxygen atoms in total.